The SMILES string of the molecule is CC1(CCCCCCCCCCCOP(=O)(O)OP(=O)(O)O)CO1. The molecule has 1 heterocycles. The summed E-state index contributed by atoms with van der Waals surface area (Å²) >= 11 is 0. The fourth-order valence-electron chi connectivity index (χ4n) is 2.44. The van der Waals surface area contributed by atoms with E-state index >= 15 is 0 Å². The Bertz CT molecular complexity index is 446. The van der Waals surface area contributed by atoms with Crippen LogP contribution in [0.2, 0.25) is 0 Å². The van der Waals surface area contributed by atoms with Crippen LogP contribution >= 0.6 is 15.6 Å². The minimum absolute atomic E-state index is 0.0609. The molecule has 144 valence electrons. The molecular weight excluding hydrogens is 358 g/mol. The molecule has 1 aliphatic heterocycles. The van der Waals surface area contributed by atoms with Gasteiger partial charge in [-0.15, -0.1) is 0 Å². The van der Waals surface area contributed by atoms with Crippen LogP contribution in [0, 0.1) is 0 Å². The van der Waals surface area contributed by atoms with Crippen LogP contribution in [0.25, 0.3) is 0 Å². The molecule has 8 nitrogen and oxygen atoms in total. The second-order valence-corrected chi connectivity index (χ2v) is 9.37. The molecule has 10 heteroatoms. The quantitative estimate of drug-likeness (QED) is 0.219. The molecule has 0 aliphatic carbocycles. The molecule has 24 heavy (non-hydrogen) atoms. The summed E-state index contributed by atoms with van der Waals surface area (Å²) in [7, 11) is -9.69. The van der Waals surface area contributed by atoms with Crippen molar-refractivity contribution in [3.8, 4) is 0 Å². The van der Waals surface area contributed by atoms with E-state index < -0.39 is 15.6 Å². The molecule has 0 saturated carbocycles. The number of ether oxygens (including phenoxy) is 1. The van der Waals surface area contributed by atoms with Gasteiger partial charge in [0.25, 0.3) is 0 Å². The lowest BCUT2D eigenvalue weighted by molar-refractivity contribution is 0.175. The summed E-state index contributed by atoms with van der Waals surface area (Å²) < 4.78 is 35.1. The van der Waals surface area contributed by atoms with E-state index in [2.05, 4.69) is 15.8 Å². The number of hydrogen-bond acceptors (Lipinski definition) is 5. The highest BCUT2D eigenvalue weighted by Gasteiger charge is 2.37. The third kappa shape index (κ3) is 12.6. The molecule has 1 fully saturated rings. The minimum atomic E-state index is -5.02. The Balaban J connectivity index is 1.83. The van der Waals surface area contributed by atoms with Crippen molar-refractivity contribution in [1.82, 2.24) is 0 Å². The molecule has 0 radical (unpaired) electrons. The molecule has 0 aromatic heterocycles. The monoisotopic (exact) mass is 388 g/mol. The van der Waals surface area contributed by atoms with E-state index in [9.17, 15) is 9.13 Å². The number of phosphoric ester groups is 1. The molecule has 0 amide bonds. The Morgan fingerprint density at radius 2 is 1.38 bits per heavy atom. The van der Waals surface area contributed by atoms with Crippen LogP contribution in [0.3, 0.4) is 0 Å². The Morgan fingerprint density at radius 3 is 1.83 bits per heavy atom. The van der Waals surface area contributed by atoms with Gasteiger partial charge in [0, 0.05) is 0 Å². The van der Waals surface area contributed by atoms with E-state index in [-0.39, 0.29) is 12.2 Å². The van der Waals surface area contributed by atoms with Crippen LogP contribution in [0.1, 0.15) is 71.1 Å². The Hall–Kier alpha value is 0.220. The molecular formula is C14H30O8P2. The lowest BCUT2D eigenvalue weighted by Crippen LogP contribution is -2.02. The molecule has 0 aromatic rings. The number of hydrogen-bond donors (Lipinski definition) is 3. The van der Waals surface area contributed by atoms with E-state index in [4.69, 9.17) is 19.4 Å². The smallest absolute Gasteiger partial charge is 0.370 e. The molecule has 2 unspecified atom stereocenters. The zero-order chi connectivity index (χ0) is 18.1. The molecule has 2 atom stereocenters. The zero-order valence-corrected chi connectivity index (χ0v) is 16.1. The molecule has 0 spiro atoms. The van der Waals surface area contributed by atoms with Crippen LogP contribution in [0.4, 0.5) is 0 Å². The van der Waals surface area contributed by atoms with Crippen molar-refractivity contribution in [2.24, 2.45) is 0 Å². The second kappa shape index (κ2) is 10.4. The average molecular weight is 388 g/mol. The predicted molar refractivity (Wildman–Crippen MR) is 89.4 cm³/mol. The fraction of sp³-hybridized carbons (Fsp3) is 1.00. The summed E-state index contributed by atoms with van der Waals surface area (Å²) in [6.07, 6.45) is 10.8. The predicted octanol–water partition coefficient (Wildman–Crippen LogP) is 3.90. The summed E-state index contributed by atoms with van der Waals surface area (Å²) in [5, 5.41) is 0. The van der Waals surface area contributed by atoms with Crippen molar-refractivity contribution >= 4 is 15.6 Å². The number of rotatable bonds is 15. The lowest BCUT2D eigenvalue weighted by Gasteiger charge is -2.12. The van der Waals surface area contributed by atoms with Crippen LogP contribution in [-0.2, 0) is 22.7 Å². The summed E-state index contributed by atoms with van der Waals surface area (Å²) in [5.74, 6) is 0. The van der Waals surface area contributed by atoms with Crippen LogP contribution in [0.15, 0.2) is 0 Å². The second-order valence-electron chi connectivity index (χ2n) is 6.54. The van der Waals surface area contributed by atoms with E-state index in [1.54, 1.807) is 0 Å². The lowest BCUT2D eigenvalue weighted by atomic mass is 10.0. The molecule has 0 bridgehead atoms. The number of unbranched alkanes of at least 4 members (excludes halogenated alkanes) is 8. The van der Waals surface area contributed by atoms with Gasteiger partial charge in [0.05, 0.1) is 18.8 Å². The first-order valence-electron chi connectivity index (χ1n) is 8.50. The highest BCUT2D eigenvalue weighted by Crippen LogP contribution is 2.57. The third-order valence-electron chi connectivity index (χ3n) is 3.95. The number of epoxide rings is 1. The maximum Gasteiger partial charge on any atom is 0.481 e. The molecule has 1 rings (SSSR count). The third-order valence-corrected chi connectivity index (χ3v) is 6.14. The highest BCUT2D eigenvalue weighted by atomic mass is 31.3. The normalized spacial score (nSPS) is 23.2. The van der Waals surface area contributed by atoms with E-state index in [1.165, 1.54) is 32.1 Å². The molecule has 1 aliphatic rings. The van der Waals surface area contributed by atoms with Gasteiger partial charge < -0.3 is 19.4 Å². The van der Waals surface area contributed by atoms with Gasteiger partial charge >= 0.3 is 15.6 Å². The first-order valence-corrected chi connectivity index (χ1v) is 11.5. The summed E-state index contributed by atoms with van der Waals surface area (Å²) in [6, 6.07) is 0. The molecule has 3 N–H and O–H groups in total. The Kier molecular flexibility index (Phi) is 9.64. The van der Waals surface area contributed by atoms with Gasteiger partial charge in [0.2, 0.25) is 0 Å². The van der Waals surface area contributed by atoms with Gasteiger partial charge in [-0.1, -0.05) is 51.4 Å². The Labute approximate surface area is 143 Å². The summed E-state index contributed by atoms with van der Waals surface area (Å²) in [4.78, 5) is 25.9. The molecule has 0 aromatic carbocycles. The van der Waals surface area contributed by atoms with Crippen molar-refractivity contribution < 1.29 is 37.4 Å². The van der Waals surface area contributed by atoms with E-state index in [1.807, 2.05) is 0 Å². The van der Waals surface area contributed by atoms with E-state index in [0.717, 1.165) is 32.3 Å². The Morgan fingerprint density at radius 1 is 0.917 bits per heavy atom. The van der Waals surface area contributed by atoms with Crippen molar-refractivity contribution in [3.05, 3.63) is 0 Å². The molecule has 1 saturated heterocycles. The summed E-state index contributed by atoms with van der Waals surface area (Å²) in [6.45, 7) is 3.01. The van der Waals surface area contributed by atoms with Crippen molar-refractivity contribution in [2.45, 2.75) is 76.7 Å². The largest absolute Gasteiger partial charge is 0.481 e. The average Bonchev–Trinajstić information content (AvgIpc) is 3.15. The summed E-state index contributed by atoms with van der Waals surface area (Å²) in [5.41, 5.74) is 0.178. The van der Waals surface area contributed by atoms with Crippen molar-refractivity contribution in [2.75, 3.05) is 13.2 Å². The van der Waals surface area contributed by atoms with Crippen LogP contribution < -0.4 is 0 Å². The van der Waals surface area contributed by atoms with Gasteiger partial charge in [-0.2, -0.15) is 4.31 Å². The van der Waals surface area contributed by atoms with Gasteiger partial charge in [-0.25, -0.2) is 9.13 Å². The number of phosphoric acid groups is 2. The maximum atomic E-state index is 11.2. The van der Waals surface area contributed by atoms with Crippen molar-refractivity contribution in [3.63, 3.8) is 0 Å². The maximum absolute atomic E-state index is 11.2. The van der Waals surface area contributed by atoms with Crippen LogP contribution in [0.5, 0.6) is 0 Å². The first kappa shape index (κ1) is 22.3. The van der Waals surface area contributed by atoms with Gasteiger partial charge in [-0.05, 0) is 19.8 Å². The van der Waals surface area contributed by atoms with Crippen molar-refractivity contribution in [1.29, 1.82) is 0 Å². The van der Waals surface area contributed by atoms with Gasteiger partial charge in [-0.3, -0.25) is 4.52 Å². The standard InChI is InChI=1S/C14H30O8P2/c1-14(13-20-14)11-9-7-5-3-2-4-6-8-10-12-21-24(18,19)22-23(15,16)17/h2-13H2,1H3,(H,18,19)(H2,15,16,17). The first-order chi connectivity index (χ1) is 11.1. The highest BCUT2D eigenvalue weighted by molar-refractivity contribution is 7.60. The van der Waals surface area contributed by atoms with E-state index in [0.29, 0.717) is 6.42 Å². The zero-order valence-electron chi connectivity index (χ0n) is 14.3. The topological polar surface area (TPSA) is 126 Å². The van der Waals surface area contributed by atoms with Gasteiger partial charge in [0.15, 0.2) is 0 Å². The van der Waals surface area contributed by atoms with Gasteiger partial charge in [0.1, 0.15) is 0 Å². The van der Waals surface area contributed by atoms with Crippen LogP contribution in [-0.4, -0.2) is 33.5 Å². The fourth-order valence-corrected chi connectivity index (χ4v) is 4.07. The minimum Gasteiger partial charge on any atom is -0.370 e.